The van der Waals surface area contributed by atoms with Crippen LogP contribution in [0, 0.1) is 17.0 Å². The van der Waals surface area contributed by atoms with Crippen molar-refractivity contribution in [2.45, 2.75) is 30.8 Å². The second-order valence-electron chi connectivity index (χ2n) is 6.15. The van der Waals surface area contributed by atoms with Gasteiger partial charge in [-0.2, -0.15) is 0 Å². The zero-order valence-electron chi connectivity index (χ0n) is 15.9. The Hall–Kier alpha value is -3.40. The van der Waals surface area contributed by atoms with E-state index in [-0.39, 0.29) is 11.6 Å². The van der Waals surface area contributed by atoms with E-state index < -0.39 is 10.2 Å². The Morgan fingerprint density at radius 1 is 1.38 bits per heavy atom. The van der Waals surface area contributed by atoms with Gasteiger partial charge in [0.25, 0.3) is 5.69 Å². The van der Waals surface area contributed by atoms with Gasteiger partial charge in [0.2, 0.25) is 5.91 Å². The SMILES string of the molecule is C=CCn1c(SC(C)C(=O)Nc2ccc([N+](=O)[O-])cc2)nnc1-c1ccoc1C. The number of non-ortho nitro benzene ring substituents is 1. The van der Waals surface area contributed by atoms with Gasteiger partial charge in [-0.05, 0) is 32.0 Å². The van der Waals surface area contributed by atoms with E-state index in [4.69, 9.17) is 4.42 Å². The predicted octanol–water partition coefficient (Wildman–Crippen LogP) is 4.06. The number of nitro benzene ring substituents is 1. The van der Waals surface area contributed by atoms with Gasteiger partial charge in [-0.25, -0.2) is 0 Å². The Kier molecular flexibility index (Phi) is 6.13. The topological polar surface area (TPSA) is 116 Å². The molecule has 1 unspecified atom stereocenters. The van der Waals surface area contributed by atoms with Crippen LogP contribution in [0.3, 0.4) is 0 Å². The molecule has 0 aliphatic carbocycles. The van der Waals surface area contributed by atoms with Gasteiger partial charge in [-0.1, -0.05) is 17.8 Å². The molecule has 1 aromatic carbocycles. The van der Waals surface area contributed by atoms with Crippen LogP contribution in [0.25, 0.3) is 11.4 Å². The van der Waals surface area contributed by atoms with Gasteiger partial charge in [-0.15, -0.1) is 16.8 Å². The number of nitrogens with zero attached hydrogens (tertiary/aromatic N) is 4. The number of amides is 1. The van der Waals surface area contributed by atoms with E-state index in [0.29, 0.717) is 23.2 Å². The fraction of sp³-hybridized carbons (Fsp3) is 0.211. The molecule has 0 bridgehead atoms. The zero-order valence-corrected chi connectivity index (χ0v) is 16.7. The summed E-state index contributed by atoms with van der Waals surface area (Å²) in [5, 5.41) is 22.0. The molecule has 0 saturated carbocycles. The van der Waals surface area contributed by atoms with E-state index in [1.54, 1.807) is 19.3 Å². The fourth-order valence-corrected chi connectivity index (χ4v) is 3.47. The quantitative estimate of drug-likeness (QED) is 0.256. The number of carbonyl (C=O) groups is 1. The average molecular weight is 413 g/mol. The van der Waals surface area contributed by atoms with Gasteiger partial charge in [-0.3, -0.25) is 19.5 Å². The lowest BCUT2D eigenvalue weighted by Gasteiger charge is -2.12. The van der Waals surface area contributed by atoms with Crippen molar-refractivity contribution in [1.82, 2.24) is 14.8 Å². The minimum atomic E-state index is -0.490. The number of nitrogens with one attached hydrogen (secondary N) is 1. The molecule has 0 spiro atoms. The van der Waals surface area contributed by atoms with Crippen LogP contribution in [-0.2, 0) is 11.3 Å². The zero-order chi connectivity index (χ0) is 21.0. The molecular formula is C19H19N5O4S. The third-order valence-electron chi connectivity index (χ3n) is 4.13. The summed E-state index contributed by atoms with van der Waals surface area (Å²) < 4.78 is 7.22. The van der Waals surface area contributed by atoms with Crippen molar-refractivity contribution in [1.29, 1.82) is 0 Å². The molecule has 3 aromatic rings. The number of nitro groups is 1. The summed E-state index contributed by atoms with van der Waals surface area (Å²) in [7, 11) is 0. The van der Waals surface area contributed by atoms with Gasteiger partial charge < -0.3 is 9.73 Å². The van der Waals surface area contributed by atoms with Crippen molar-refractivity contribution in [2.75, 3.05) is 5.32 Å². The van der Waals surface area contributed by atoms with E-state index in [1.165, 1.54) is 36.0 Å². The van der Waals surface area contributed by atoms with E-state index in [0.717, 1.165) is 11.3 Å². The molecule has 0 aliphatic heterocycles. The molecule has 10 heteroatoms. The van der Waals surface area contributed by atoms with Gasteiger partial charge in [0, 0.05) is 24.4 Å². The van der Waals surface area contributed by atoms with Crippen molar-refractivity contribution in [2.24, 2.45) is 0 Å². The van der Waals surface area contributed by atoms with Crippen molar-refractivity contribution >= 4 is 29.0 Å². The van der Waals surface area contributed by atoms with E-state index in [9.17, 15) is 14.9 Å². The Morgan fingerprint density at radius 3 is 2.69 bits per heavy atom. The minimum Gasteiger partial charge on any atom is -0.469 e. The Bertz CT molecular complexity index is 1040. The van der Waals surface area contributed by atoms with Crippen LogP contribution < -0.4 is 5.32 Å². The first-order valence-corrected chi connectivity index (χ1v) is 9.59. The number of carbonyl (C=O) groups excluding carboxylic acids is 1. The molecule has 9 nitrogen and oxygen atoms in total. The molecule has 0 saturated heterocycles. The summed E-state index contributed by atoms with van der Waals surface area (Å²) >= 11 is 1.26. The lowest BCUT2D eigenvalue weighted by molar-refractivity contribution is -0.384. The molecule has 0 fully saturated rings. The smallest absolute Gasteiger partial charge is 0.269 e. The number of rotatable bonds is 8. The molecule has 150 valence electrons. The Morgan fingerprint density at radius 2 is 2.10 bits per heavy atom. The summed E-state index contributed by atoms with van der Waals surface area (Å²) in [5.74, 6) is 1.11. The highest BCUT2D eigenvalue weighted by Gasteiger charge is 2.22. The molecule has 1 N–H and O–H groups in total. The second-order valence-corrected chi connectivity index (χ2v) is 7.46. The van der Waals surface area contributed by atoms with Crippen molar-refractivity contribution < 1.29 is 14.1 Å². The van der Waals surface area contributed by atoms with Crippen LogP contribution in [0.4, 0.5) is 11.4 Å². The average Bonchev–Trinajstić information content (AvgIpc) is 3.28. The van der Waals surface area contributed by atoms with Crippen LogP contribution >= 0.6 is 11.8 Å². The third kappa shape index (κ3) is 4.54. The van der Waals surface area contributed by atoms with Gasteiger partial charge in [0.1, 0.15) is 5.76 Å². The van der Waals surface area contributed by atoms with E-state index in [2.05, 4.69) is 22.1 Å². The van der Waals surface area contributed by atoms with Crippen LogP contribution in [0.2, 0.25) is 0 Å². The summed E-state index contributed by atoms with van der Waals surface area (Å²) in [6, 6.07) is 7.49. The molecule has 0 aliphatic rings. The fourth-order valence-electron chi connectivity index (χ4n) is 2.61. The highest BCUT2D eigenvalue weighted by molar-refractivity contribution is 8.00. The van der Waals surface area contributed by atoms with Crippen LogP contribution in [-0.4, -0.2) is 30.8 Å². The maximum atomic E-state index is 12.5. The number of hydrogen-bond donors (Lipinski definition) is 1. The molecular weight excluding hydrogens is 394 g/mol. The number of benzene rings is 1. The maximum Gasteiger partial charge on any atom is 0.269 e. The molecule has 2 aromatic heterocycles. The normalized spacial score (nSPS) is 11.8. The molecule has 1 atom stereocenters. The number of aryl methyl sites for hydroxylation is 1. The van der Waals surface area contributed by atoms with Gasteiger partial charge >= 0.3 is 0 Å². The van der Waals surface area contributed by atoms with Crippen molar-refractivity contribution in [3.8, 4) is 11.4 Å². The molecule has 0 radical (unpaired) electrons. The first-order chi connectivity index (χ1) is 13.9. The second kappa shape index (κ2) is 8.74. The van der Waals surface area contributed by atoms with E-state index in [1.807, 2.05) is 17.6 Å². The number of thioether (sulfide) groups is 1. The first kappa shape index (κ1) is 20.3. The van der Waals surface area contributed by atoms with Crippen LogP contribution in [0.1, 0.15) is 12.7 Å². The largest absolute Gasteiger partial charge is 0.469 e. The van der Waals surface area contributed by atoms with Crippen LogP contribution in [0.15, 0.2) is 58.8 Å². The summed E-state index contributed by atoms with van der Waals surface area (Å²) in [5.41, 5.74) is 1.27. The summed E-state index contributed by atoms with van der Waals surface area (Å²) in [4.78, 5) is 22.8. The number of hydrogen-bond acceptors (Lipinski definition) is 7. The Balaban J connectivity index is 1.74. The summed E-state index contributed by atoms with van der Waals surface area (Å²) in [6.45, 7) is 7.85. The van der Waals surface area contributed by atoms with Crippen molar-refractivity contribution in [3.05, 3.63) is 65.1 Å². The molecule has 2 heterocycles. The van der Waals surface area contributed by atoms with Crippen LogP contribution in [0.5, 0.6) is 0 Å². The van der Waals surface area contributed by atoms with E-state index >= 15 is 0 Å². The molecule has 3 rings (SSSR count). The number of aromatic nitrogens is 3. The van der Waals surface area contributed by atoms with Gasteiger partial charge in [0.15, 0.2) is 11.0 Å². The monoisotopic (exact) mass is 413 g/mol. The van der Waals surface area contributed by atoms with Gasteiger partial charge in [0.05, 0.1) is 22.0 Å². The predicted molar refractivity (Wildman–Crippen MR) is 110 cm³/mol. The number of furan rings is 1. The first-order valence-electron chi connectivity index (χ1n) is 8.71. The summed E-state index contributed by atoms with van der Waals surface area (Å²) in [6.07, 6.45) is 3.32. The third-order valence-corrected chi connectivity index (χ3v) is 5.21. The maximum absolute atomic E-state index is 12.5. The standard InChI is InChI=1S/C19H19N5O4S/c1-4-10-23-17(16-9-11-28-12(16)2)21-22-19(23)29-13(3)18(25)20-14-5-7-15(8-6-14)24(26)27/h4-9,11,13H,1,10H2,2-3H3,(H,20,25). The molecule has 29 heavy (non-hydrogen) atoms. The van der Waals surface area contributed by atoms with Crippen molar-refractivity contribution in [3.63, 3.8) is 0 Å². The Labute approximate surface area is 171 Å². The number of allylic oxidation sites excluding steroid dienone is 1. The molecule has 1 amide bonds. The lowest BCUT2D eigenvalue weighted by Crippen LogP contribution is -2.23. The minimum absolute atomic E-state index is 0.0370. The number of anilines is 1. The highest BCUT2D eigenvalue weighted by Crippen LogP contribution is 2.29. The lowest BCUT2D eigenvalue weighted by atomic mass is 10.2. The highest BCUT2D eigenvalue weighted by atomic mass is 32.2.